The predicted octanol–water partition coefficient (Wildman–Crippen LogP) is 7.49. The Morgan fingerprint density at radius 3 is 1.74 bits per heavy atom. The fourth-order valence-corrected chi connectivity index (χ4v) is 2.71. The summed E-state index contributed by atoms with van der Waals surface area (Å²) in [6.07, 6.45) is 0. The average Bonchev–Trinajstić information content (AvgIpc) is 2.63. The second-order valence-electron chi connectivity index (χ2n) is 8.09. The molecule has 2 rings (SSSR count). The minimum absolute atomic E-state index is 0.342. The number of hydrogen-bond donors (Lipinski definition) is 0. The summed E-state index contributed by atoms with van der Waals surface area (Å²) in [4.78, 5) is 9.26. The minimum Gasteiger partial charge on any atom is -0.215 e. The van der Waals surface area contributed by atoms with E-state index in [9.17, 15) is 0 Å². The monoisotopic (exact) mass is 364 g/mol. The van der Waals surface area contributed by atoms with Gasteiger partial charge in [0.05, 0.1) is 17.1 Å². The smallest absolute Gasteiger partial charge is 0.0910 e. The Morgan fingerprint density at radius 1 is 0.778 bits per heavy atom. The lowest BCUT2D eigenvalue weighted by atomic mass is 9.91. The van der Waals surface area contributed by atoms with Gasteiger partial charge in [-0.3, -0.25) is 0 Å². The molecular weight excluding hydrogens is 328 g/mol. The van der Waals surface area contributed by atoms with E-state index in [0.717, 1.165) is 0 Å². The van der Waals surface area contributed by atoms with Crippen LogP contribution in [0, 0.1) is 6.92 Å². The molecule has 27 heavy (non-hydrogen) atoms. The van der Waals surface area contributed by atoms with Crippen LogP contribution in [-0.2, 0) is 11.1 Å². The molecule has 0 heterocycles. The highest BCUT2D eigenvalue weighted by Crippen LogP contribution is 2.28. The third kappa shape index (κ3) is 6.48. The summed E-state index contributed by atoms with van der Waals surface area (Å²) in [7, 11) is 0. The molecule has 0 unspecified atom stereocenters. The van der Waals surface area contributed by atoms with Gasteiger partial charge >= 0.3 is 0 Å². The lowest BCUT2D eigenvalue weighted by Crippen LogP contribution is -2.16. The van der Waals surface area contributed by atoms with Crippen LogP contribution in [0.25, 0.3) is 0 Å². The zero-order valence-electron chi connectivity index (χ0n) is 18.6. The largest absolute Gasteiger partial charge is 0.215 e. The van der Waals surface area contributed by atoms with Crippen LogP contribution in [0.1, 0.15) is 83.6 Å². The van der Waals surface area contributed by atoms with E-state index < -0.39 is 0 Å². The van der Waals surface area contributed by atoms with Crippen LogP contribution < -0.4 is 0 Å². The van der Waals surface area contributed by atoms with Crippen molar-refractivity contribution in [2.24, 2.45) is 9.98 Å². The van der Waals surface area contributed by atoms with E-state index >= 15 is 0 Å². The molecule has 0 aromatic heterocycles. The molecule has 146 valence electrons. The maximum Gasteiger partial charge on any atom is 0.0910 e. The zero-order valence-corrected chi connectivity index (χ0v) is 18.6. The maximum absolute atomic E-state index is 4.64. The number of aryl methyl sites for hydroxylation is 1. The van der Waals surface area contributed by atoms with E-state index in [4.69, 9.17) is 0 Å². The quantitative estimate of drug-likeness (QED) is 0.491. The van der Waals surface area contributed by atoms with Crippen LogP contribution in [0.3, 0.4) is 0 Å². The van der Waals surface area contributed by atoms with Crippen LogP contribution in [0.5, 0.6) is 0 Å². The molecule has 0 bridgehead atoms. The summed E-state index contributed by atoms with van der Waals surface area (Å²) in [5.41, 5.74) is 4.24. The summed E-state index contributed by atoms with van der Waals surface area (Å²) in [5.74, 6) is 0.508. The summed E-state index contributed by atoms with van der Waals surface area (Å²) in [6, 6.07) is 20.1. The highest BCUT2D eigenvalue weighted by molar-refractivity contribution is 5.46. The summed E-state index contributed by atoms with van der Waals surface area (Å²) >= 11 is 0. The third-order valence-electron chi connectivity index (χ3n) is 4.64. The lowest BCUT2D eigenvalue weighted by Gasteiger charge is -2.21. The van der Waals surface area contributed by atoms with Gasteiger partial charge in [-0.15, -0.1) is 0 Å². The van der Waals surface area contributed by atoms with E-state index in [1.54, 1.807) is 0 Å². The molecule has 0 radical (unpaired) electrons. The van der Waals surface area contributed by atoms with Crippen molar-refractivity contribution in [2.75, 3.05) is 0 Å². The Hall–Kier alpha value is -2.18. The number of nitrogens with zero attached hydrogens (tertiary/aromatic N) is 2. The molecule has 0 amide bonds. The van der Waals surface area contributed by atoms with Crippen molar-refractivity contribution in [1.29, 1.82) is 0 Å². The summed E-state index contributed by atoms with van der Waals surface area (Å²) in [6.45, 7) is 18.9. The first-order valence-electron chi connectivity index (χ1n) is 9.98. The predicted molar refractivity (Wildman–Crippen MR) is 119 cm³/mol. The number of hydrogen-bond acceptors (Lipinski definition) is 2. The van der Waals surface area contributed by atoms with Gasteiger partial charge in [-0.2, -0.15) is 0 Å². The van der Waals surface area contributed by atoms with Crippen molar-refractivity contribution < 1.29 is 0 Å². The Bertz CT molecular complexity index is 791. The number of rotatable bonds is 5. The molecule has 0 aliphatic rings. The van der Waals surface area contributed by atoms with E-state index in [1.165, 1.54) is 22.3 Å². The molecule has 0 atom stereocenters. The van der Waals surface area contributed by atoms with E-state index in [0.29, 0.717) is 5.92 Å². The van der Waals surface area contributed by atoms with Crippen LogP contribution in [0.4, 0.5) is 0 Å². The first-order valence-corrected chi connectivity index (χ1v) is 9.98. The normalized spacial score (nSPS) is 11.3. The molecule has 0 aliphatic heterocycles. The van der Waals surface area contributed by atoms with Gasteiger partial charge in [0.1, 0.15) is 0 Å². The Morgan fingerprint density at radius 2 is 1.26 bits per heavy atom. The van der Waals surface area contributed by atoms with Crippen LogP contribution >= 0.6 is 0 Å². The molecule has 0 N–H and O–H groups in total. The third-order valence-corrected chi connectivity index (χ3v) is 4.64. The fraction of sp³-hybridized carbons (Fsp3) is 0.480. The average molecular weight is 365 g/mol. The van der Waals surface area contributed by atoms with E-state index in [1.807, 2.05) is 13.8 Å². The van der Waals surface area contributed by atoms with E-state index in [-0.39, 0.29) is 11.1 Å². The molecule has 0 aliphatic carbocycles. The summed E-state index contributed by atoms with van der Waals surface area (Å²) in [5, 5.41) is 0. The zero-order chi connectivity index (χ0) is 20.7. The molecule has 2 nitrogen and oxygen atoms in total. The minimum atomic E-state index is -0.350. The van der Waals surface area contributed by atoms with Gasteiger partial charge in [0.2, 0.25) is 0 Å². The van der Waals surface area contributed by atoms with Gasteiger partial charge in [-0.1, -0.05) is 81.8 Å². The molecule has 2 heteroatoms. The highest BCUT2D eigenvalue weighted by Gasteiger charge is 2.21. The van der Waals surface area contributed by atoms with Crippen molar-refractivity contribution in [1.82, 2.24) is 0 Å². The molecule has 0 saturated heterocycles. The van der Waals surface area contributed by atoms with Crippen LogP contribution in [-0.4, -0.2) is 6.01 Å². The SMILES string of the molecule is CC.Cc1cccc(C(C)(C)N=C=NC(C)(C)c2cccc(C(C)C)c2)c1. The topological polar surface area (TPSA) is 24.7 Å². The Kier molecular flexibility index (Phi) is 8.19. The first kappa shape index (κ1) is 22.9. The Balaban J connectivity index is 0.00000176. The van der Waals surface area contributed by atoms with Gasteiger partial charge in [-0.25, -0.2) is 9.98 Å². The van der Waals surface area contributed by atoms with Gasteiger partial charge < -0.3 is 0 Å². The lowest BCUT2D eigenvalue weighted by molar-refractivity contribution is 0.544. The molecule has 0 spiro atoms. The van der Waals surface area contributed by atoms with Crippen molar-refractivity contribution in [3.05, 3.63) is 70.8 Å². The molecule has 0 saturated carbocycles. The Labute approximate surface area is 166 Å². The van der Waals surface area contributed by atoms with Gasteiger partial charge in [0, 0.05) is 0 Å². The van der Waals surface area contributed by atoms with Crippen molar-refractivity contribution in [3.63, 3.8) is 0 Å². The molecular formula is C25H36N2. The van der Waals surface area contributed by atoms with Crippen LogP contribution in [0.2, 0.25) is 0 Å². The first-order chi connectivity index (χ1) is 12.6. The van der Waals surface area contributed by atoms with Gasteiger partial charge in [0.25, 0.3) is 0 Å². The van der Waals surface area contributed by atoms with E-state index in [2.05, 4.69) is 113 Å². The summed E-state index contributed by atoms with van der Waals surface area (Å²) < 4.78 is 0. The second kappa shape index (κ2) is 9.67. The maximum atomic E-state index is 4.64. The fourth-order valence-electron chi connectivity index (χ4n) is 2.71. The molecule has 0 fully saturated rings. The van der Waals surface area contributed by atoms with Gasteiger partial charge in [0.15, 0.2) is 0 Å². The van der Waals surface area contributed by atoms with Crippen molar-refractivity contribution in [3.8, 4) is 0 Å². The highest BCUT2D eigenvalue weighted by atomic mass is 14.9. The number of benzene rings is 2. The van der Waals surface area contributed by atoms with Crippen molar-refractivity contribution >= 4 is 6.01 Å². The van der Waals surface area contributed by atoms with Crippen LogP contribution in [0.15, 0.2) is 58.5 Å². The van der Waals surface area contributed by atoms with Crippen molar-refractivity contribution in [2.45, 2.75) is 79.3 Å². The molecule has 2 aromatic rings. The standard InChI is InChI=1S/C23H30N2.C2H6/c1-17(2)19-11-9-13-21(15-19)23(6,7)25-16-24-22(4,5)20-12-8-10-18(3)14-20;1-2/h8-15,17H,1-7H3;1-2H3. The van der Waals surface area contributed by atoms with Gasteiger partial charge in [-0.05, 0) is 57.2 Å². The number of aliphatic imine (C=N–C) groups is 2. The second-order valence-corrected chi connectivity index (χ2v) is 8.09. The molecule has 2 aromatic carbocycles.